The van der Waals surface area contributed by atoms with Gasteiger partial charge in [-0.25, -0.2) is 18.0 Å². The molecule has 0 aliphatic rings. The zero-order valence-corrected chi connectivity index (χ0v) is 20.2. The van der Waals surface area contributed by atoms with E-state index in [-0.39, 0.29) is 38.1 Å². The van der Waals surface area contributed by atoms with Crippen LogP contribution in [-0.4, -0.2) is 44.4 Å². The number of anilines is 1. The summed E-state index contributed by atoms with van der Waals surface area (Å²) in [4.78, 5) is 47.5. The van der Waals surface area contributed by atoms with Crippen LogP contribution in [0.1, 0.15) is 52.9 Å². The number of unbranched alkanes of at least 4 members (excludes halogenated alkanes) is 1. The number of carbonyl (C=O) groups excluding carboxylic acids is 4. The summed E-state index contributed by atoms with van der Waals surface area (Å²) in [7, 11) is -4.23. The Balaban J connectivity index is 2.87. The summed E-state index contributed by atoms with van der Waals surface area (Å²) in [5.74, 6) is -8.14. The molecule has 0 unspecified atom stereocenters. The zero-order valence-electron chi connectivity index (χ0n) is 19.2. The molecule has 0 saturated heterocycles. The van der Waals surface area contributed by atoms with E-state index in [1.807, 2.05) is 0 Å². The molecule has 1 aromatic rings. The Labute approximate surface area is 198 Å². The maximum absolute atomic E-state index is 14.1. The molecule has 0 radical (unpaired) electrons. The topological polar surface area (TPSA) is 102 Å². The highest BCUT2D eigenvalue weighted by Crippen LogP contribution is 2.26. The van der Waals surface area contributed by atoms with E-state index in [0.29, 0.717) is 12.1 Å². The van der Waals surface area contributed by atoms with Crippen LogP contribution in [0.15, 0.2) is 12.1 Å². The molecule has 0 spiro atoms. The number of carbonyl (C=O) groups is 4. The minimum absolute atomic E-state index is 0.114. The van der Waals surface area contributed by atoms with Crippen molar-refractivity contribution in [3.63, 3.8) is 0 Å². The molecule has 2 amide bonds. The Hall–Kier alpha value is -3.23. The molecule has 0 bridgehead atoms. The first-order valence-corrected chi connectivity index (χ1v) is 12.6. The van der Waals surface area contributed by atoms with Crippen molar-refractivity contribution >= 4 is 38.4 Å². The van der Waals surface area contributed by atoms with Crippen LogP contribution in [0.5, 0.6) is 0 Å². The molecular formula is C20H25F5N2O7Si. The fourth-order valence-corrected chi connectivity index (χ4v) is 5.09. The standard InChI is InChI=1S/C20H25F5N2O7Si/c1-4-15(28)32-35(33-16(29)5-2,34-17(30)6-3)12-8-7-11-26(24)20(31)27(25)14-10-9-13(21)18(22)19(14)23/h9-10H,4-8,11-12H2,1-3H3. The predicted molar refractivity (Wildman–Crippen MR) is 112 cm³/mol. The molecule has 0 aliphatic heterocycles. The van der Waals surface area contributed by atoms with Gasteiger partial charge >= 0.3 is 14.8 Å². The number of rotatable bonds is 12. The van der Waals surface area contributed by atoms with Gasteiger partial charge in [-0.2, -0.15) is 5.12 Å². The lowest BCUT2D eigenvalue weighted by atomic mass is 10.3. The number of benzene rings is 1. The minimum atomic E-state index is -4.23. The van der Waals surface area contributed by atoms with Crippen molar-refractivity contribution in [3.05, 3.63) is 29.6 Å². The molecule has 15 heteroatoms. The van der Waals surface area contributed by atoms with E-state index in [1.54, 1.807) is 0 Å². The van der Waals surface area contributed by atoms with Gasteiger partial charge in [0, 0.05) is 19.3 Å². The lowest BCUT2D eigenvalue weighted by Gasteiger charge is -2.27. The quantitative estimate of drug-likeness (QED) is 0.128. The molecule has 1 aromatic carbocycles. The molecule has 0 aliphatic carbocycles. The Morgan fingerprint density at radius 2 is 1.29 bits per heavy atom. The van der Waals surface area contributed by atoms with Gasteiger partial charge in [0.25, 0.3) is 17.9 Å². The van der Waals surface area contributed by atoms with Gasteiger partial charge in [0.2, 0.25) is 0 Å². The monoisotopic (exact) mass is 528 g/mol. The number of halogens is 5. The van der Waals surface area contributed by atoms with Crippen LogP contribution in [0.3, 0.4) is 0 Å². The summed E-state index contributed by atoms with van der Waals surface area (Å²) in [6, 6.07) is -1.57. The highest BCUT2D eigenvalue weighted by molar-refractivity contribution is 6.65. The molecule has 0 aromatic heterocycles. The lowest BCUT2D eigenvalue weighted by molar-refractivity contribution is -0.150. The second kappa shape index (κ2) is 13.6. The smallest absolute Gasteiger partial charge is 0.455 e. The summed E-state index contributed by atoms with van der Waals surface area (Å²) in [5.41, 5.74) is -1.34. The molecule has 1 rings (SSSR count). The summed E-state index contributed by atoms with van der Waals surface area (Å²) >= 11 is 0. The van der Waals surface area contributed by atoms with Crippen LogP contribution >= 0.6 is 0 Å². The normalized spacial score (nSPS) is 11.0. The number of hydrogen-bond acceptors (Lipinski definition) is 7. The van der Waals surface area contributed by atoms with Crippen molar-refractivity contribution in [3.8, 4) is 0 Å². The molecular weight excluding hydrogens is 503 g/mol. The highest BCUT2D eigenvalue weighted by atomic mass is 28.4. The molecule has 35 heavy (non-hydrogen) atoms. The first-order chi connectivity index (χ1) is 16.4. The van der Waals surface area contributed by atoms with Crippen molar-refractivity contribution in [2.45, 2.75) is 58.9 Å². The van der Waals surface area contributed by atoms with E-state index >= 15 is 0 Å². The fourth-order valence-electron chi connectivity index (χ4n) is 2.51. The maximum atomic E-state index is 14.1. The Morgan fingerprint density at radius 1 is 0.800 bits per heavy atom. The SMILES string of the molecule is CCC(=O)O[Si](CCCCN(F)C(=O)N(F)c1ccc(F)c(F)c1F)(OC(=O)CC)OC(=O)CC. The number of hydrogen-bond donors (Lipinski definition) is 0. The van der Waals surface area contributed by atoms with Crippen LogP contribution in [0.2, 0.25) is 6.04 Å². The molecule has 0 fully saturated rings. The highest BCUT2D eigenvalue weighted by Gasteiger charge is 2.52. The predicted octanol–water partition coefficient (Wildman–Crippen LogP) is 4.68. The van der Waals surface area contributed by atoms with Crippen LogP contribution in [-0.2, 0) is 27.7 Å². The van der Waals surface area contributed by atoms with Gasteiger partial charge in [0.15, 0.2) is 17.5 Å². The molecule has 0 heterocycles. The lowest BCUT2D eigenvalue weighted by Crippen LogP contribution is -2.50. The van der Waals surface area contributed by atoms with Gasteiger partial charge in [-0.15, -0.1) is 5.12 Å². The van der Waals surface area contributed by atoms with Crippen molar-refractivity contribution in [1.29, 1.82) is 0 Å². The molecule has 9 nitrogen and oxygen atoms in total. The van der Waals surface area contributed by atoms with Gasteiger partial charge in [0.05, 0.1) is 12.6 Å². The van der Waals surface area contributed by atoms with Gasteiger partial charge in [-0.3, -0.25) is 14.4 Å². The Morgan fingerprint density at radius 3 is 1.74 bits per heavy atom. The molecule has 196 valence electrons. The Kier molecular flexibility index (Phi) is 11.6. The minimum Gasteiger partial charge on any atom is -0.455 e. The average molecular weight is 529 g/mol. The van der Waals surface area contributed by atoms with Crippen LogP contribution in [0.4, 0.5) is 32.6 Å². The number of urea groups is 1. The van der Waals surface area contributed by atoms with Gasteiger partial charge < -0.3 is 13.3 Å². The third kappa shape index (κ3) is 8.49. The molecule has 0 atom stereocenters. The third-order valence-corrected chi connectivity index (χ3v) is 6.95. The molecule has 0 saturated carbocycles. The van der Waals surface area contributed by atoms with Crippen molar-refractivity contribution in [2.24, 2.45) is 0 Å². The van der Waals surface area contributed by atoms with E-state index in [0.717, 1.165) is 0 Å². The van der Waals surface area contributed by atoms with Gasteiger partial charge in [0.1, 0.15) is 5.69 Å². The largest absolute Gasteiger partial charge is 0.705 e. The van der Waals surface area contributed by atoms with E-state index < -0.39 is 72.7 Å². The maximum Gasteiger partial charge on any atom is 0.705 e. The van der Waals surface area contributed by atoms with E-state index in [1.165, 1.54) is 20.8 Å². The van der Waals surface area contributed by atoms with Crippen molar-refractivity contribution < 1.29 is 54.6 Å². The Bertz CT molecular complexity index is 892. The first-order valence-electron chi connectivity index (χ1n) is 10.6. The van der Waals surface area contributed by atoms with E-state index in [4.69, 9.17) is 13.3 Å². The van der Waals surface area contributed by atoms with Crippen molar-refractivity contribution in [2.75, 3.05) is 11.7 Å². The average Bonchev–Trinajstić information content (AvgIpc) is 2.83. The summed E-state index contributed by atoms with van der Waals surface area (Å²) in [5, 5.41) is -1.69. The van der Waals surface area contributed by atoms with E-state index in [2.05, 4.69) is 0 Å². The number of nitrogens with zero attached hydrogens (tertiary/aromatic N) is 2. The van der Waals surface area contributed by atoms with Crippen LogP contribution in [0.25, 0.3) is 0 Å². The third-order valence-electron chi connectivity index (χ3n) is 4.36. The fraction of sp³-hybridized carbons (Fsp3) is 0.500. The first kappa shape index (κ1) is 29.8. The van der Waals surface area contributed by atoms with Crippen LogP contribution in [0, 0.1) is 17.5 Å². The summed E-state index contributed by atoms with van der Waals surface area (Å²) < 4.78 is 83.7. The second-order valence-corrected chi connectivity index (χ2v) is 9.45. The summed E-state index contributed by atoms with van der Waals surface area (Å²) in [6.45, 7) is 3.59. The second-order valence-electron chi connectivity index (χ2n) is 6.97. The zero-order chi connectivity index (χ0) is 26.8. The van der Waals surface area contributed by atoms with Gasteiger partial charge in [-0.05, 0) is 25.0 Å². The van der Waals surface area contributed by atoms with Crippen molar-refractivity contribution in [1.82, 2.24) is 5.12 Å². The van der Waals surface area contributed by atoms with Crippen LogP contribution < -0.4 is 5.12 Å². The number of amides is 2. The molecule has 0 N–H and O–H groups in total. The van der Waals surface area contributed by atoms with E-state index in [9.17, 15) is 41.3 Å². The van der Waals surface area contributed by atoms with Gasteiger partial charge in [-0.1, -0.05) is 29.7 Å². The summed E-state index contributed by atoms with van der Waals surface area (Å²) in [6.07, 6.45) is -0.718.